The van der Waals surface area contributed by atoms with Crippen molar-refractivity contribution in [2.75, 3.05) is 0 Å². The van der Waals surface area contributed by atoms with Crippen molar-refractivity contribution in [1.82, 2.24) is 0 Å². The highest BCUT2D eigenvalue weighted by Crippen LogP contribution is 2.05. The third kappa shape index (κ3) is 21.8. The van der Waals surface area contributed by atoms with Crippen molar-refractivity contribution in [2.24, 2.45) is 0 Å². The summed E-state index contributed by atoms with van der Waals surface area (Å²) >= 11 is 0. The molecule has 0 amide bonds. The minimum Gasteiger partial charge on any atom is -0.0687 e. The minimum absolute atomic E-state index is 0.630. The Kier molecular flexibility index (Phi) is 18.5. The van der Waals surface area contributed by atoms with Gasteiger partial charge in [0, 0.05) is 6.42 Å². The van der Waals surface area contributed by atoms with E-state index in [1.54, 1.807) is 0 Å². The molecule has 0 fully saturated rings. The van der Waals surface area contributed by atoms with Crippen molar-refractivity contribution in [1.29, 1.82) is 0 Å². The molecule has 0 heteroatoms. The first-order chi connectivity index (χ1) is 16.7. The van der Waals surface area contributed by atoms with Crippen LogP contribution in [0.15, 0.2) is 179 Å². The molecular formula is C34H12. The largest absolute Gasteiger partial charge is 0.0687 e. The zero-order valence-corrected chi connectivity index (χ0v) is 18.6. The van der Waals surface area contributed by atoms with Gasteiger partial charge >= 0.3 is 0 Å². The van der Waals surface area contributed by atoms with Crippen LogP contribution in [0.5, 0.6) is 0 Å². The molecule has 0 aliphatic carbocycles. The number of hydrogen-bond acceptors (Lipinski definition) is 0. The Morgan fingerprint density at radius 2 is 0.559 bits per heavy atom. The molecule has 0 spiro atoms. The highest BCUT2D eigenvalue weighted by atomic mass is 13.9. The Balaban J connectivity index is 5.87. The van der Waals surface area contributed by atoms with E-state index in [9.17, 15) is 0 Å². The van der Waals surface area contributed by atoms with Crippen LogP contribution in [-0.4, -0.2) is 0 Å². The molecule has 0 aliphatic heterocycles. The average Bonchev–Trinajstić information content (AvgIpc) is 2.82. The summed E-state index contributed by atoms with van der Waals surface area (Å²) in [5, 5.41) is 0. The first-order valence-electron chi connectivity index (χ1n) is 9.16. The summed E-state index contributed by atoms with van der Waals surface area (Å²) in [5.74, 6) is 0. The Bertz CT molecular complexity index is 1910. The van der Waals surface area contributed by atoms with E-state index in [1.807, 2.05) is 13.8 Å². The highest BCUT2D eigenvalue weighted by Gasteiger charge is 1.88. The van der Waals surface area contributed by atoms with Gasteiger partial charge in [0.15, 0.2) is 0 Å². The van der Waals surface area contributed by atoms with Crippen LogP contribution in [0.1, 0.15) is 20.3 Å². The van der Waals surface area contributed by atoms with Crippen LogP contribution >= 0.6 is 0 Å². The van der Waals surface area contributed by atoms with E-state index >= 15 is 0 Å². The van der Waals surface area contributed by atoms with Crippen LogP contribution in [0.3, 0.4) is 0 Å². The van der Waals surface area contributed by atoms with Crippen LogP contribution < -0.4 is 0 Å². The normalized spacial score (nSPS) is 4.88. The molecule has 0 atom stereocenters. The molecule has 0 unspecified atom stereocenters. The fourth-order valence-corrected chi connectivity index (χ4v) is 1.44. The van der Waals surface area contributed by atoms with Crippen molar-refractivity contribution < 1.29 is 0 Å². The van der Waals surface area contributed by atoms with E-state index in [2.05, 4.69) is 168 Å². The van der Waals surface area contributed by atoms with Gasteiger partial charge in [-0.1, -0.05) is 22.9 Å². The lowest BCUT2D eigenvalue weighted by molar-refractivity contribution is 1.12. The second-order valence-corrected chi connectivity index (χ2v) is 5.22. The van der Waals surface area contributed by atoms with E-state index < -0.39 is 0 Å². The van der Waals surface area contributed by atoms with Gasteiger partial charge in [0.1, 0.15) is 0 Å². The molecule has 0 radical (unpaired) electrons. The summed E-state index contributed by atoms with van der Waals surface area (Å²) in [6.45, 7) is 10.5. The molecule has 0 bridgehead atoms. The first-order valence-corrected chi connectivity index (χ1v) is 9.16. The molecule has 0 N–H and O–H groups in total. The Morgan fingerprint density at radius 3 is 0.794 bits per heavy atom. The molecule has 0 aromatic rings. The average molecular weight is 420 g/mol. The Labute approximate surface area is 199 Å². The second-order valence-electron chi connectivity index (χ2n) is 5.22. The molecule has 0 saturated carbocycles. The maximum absolute atomic E-state index is 3.32. The van der Waals surface area contributed by atoms with Crippen LogP contribution in [0.4, 0.5) is 0 Å². The van der Waals surface area contributed by atoms with E-state index in [0.29, 0.717) is 6.42 Å². The van der Waals surface area contributed by atoms with E-state index in [4.69, 9.17) is 0 Å². The van der Waals surface area contributed by atoms with Crippen LogP contribution in [-0.2, 0) is 0 Å². The summed E-state index contributed by atoms with van der Waals surface area (Å²) in [5.41, 5.74) is 71.2. The molecule has 0 saturated heterocycles. The third-order valence-electron chi connectivity index (χ3n) is 2.57. The molecule has 0 aliphatic rings. The lowest BCUT2D eigenvalue weighted by atomic mass is 10.1. The maximum Gasteiger partial charge on any atom is 0.00518 e. The molecule has 0 nitrogen and oxygen atoms in total. The van der Waals surface area contributed by atoms with Crippen LogP contribution in [0.2, 0.25) is 0 Å². The quantitative estimate of drug-likeness (QED) is 0.435. The number of rotatable bonds is 2. The zero-order valence-electron chi connectivity index (χ0n) is 18.6. The molecule has 0 rings (SSSR count). The van der Waals surface area contributed by atoms with Crippen molar-refractivity contribution in [3.63, 3.8) is 0 Å². The van der Waals surface area contributed by atoms with Crippen molar-refractivity contribution in [3.05, 3.63) is 179 Å². The van der Waals surface area contributed by atoms with Gasteiger partial charge in [-0.25, -0.2) is 0 Å². The SMILES string of the molecule is C=C=C=C=C=C=C=C=C=C=C=C=C=C=C=C(C)CC(C)=C=C=C=C=C=C=C=C=C=C=C=C=C=C. The van der Waals surface area contributed by atoms with Crippen molar-refractivity contribution in [3.8, 4) is 0 Å². The lowest BCUT2D eigenvalue weighted by Crippen LogP contribution is -1.75. The predicted molar refractivity (Wildman–Crippen MR) is 129 cm³/mol. The zero-order chi connectivity index (χ0) is 25.0. The van der Waals surface area contributed by atoms with E-state index in [1.165, 1.54) is 0 Å². The van der Waals surface area contributed by atoms with Gasteiger partial charge in [0.2, 0.25) is 0 Å². The van der Waals surface area contributed by atoms with Gasteiger partial charge in [-0.05, 0) is 170 Å². The second kappa shape index (κ2) is 22.8. The van der Waals surface area contributed by atoms with E-state index in [0.717, 1.165) is 11.1 Å². The predicted octanol–water partition coefficient (Wildman–Crippen LogP) is 6.72. The van der Waals surface area contributed by atoms with Gasteiger partial charge in [-0.2, -0.15) is 0 Å². The summed E-state index contributed by atoms with van der Waals surface area (Å²) in [7, 11) is 0. The van der Waals surface area contributed by atoms with Gasteiger partial charge in [0.25, 0.3) is 0 Å². The fourth-order valence-electron chi connectivity index (χ4n) is 1.44. The maximum atomic E-state index is 3.32. The standard InChI is InChI=1S/C34H12/c1-5-7-9-11-13-15-17-19-21-23-25-27-29-31-34(4)32-33(3)30-28-26-24-22-20-18-16-14-12-10-8-6-2/h1-2,32H2,3-4H3. The van der Waals surface area contributed by atoms with Crippen molar-refractivity contribution in [2.45, 2.75) is 20.3 Å². The number of allylic oxidation sites excluding steroid dienone is 2. The van der Waals surface area contributed by atoms with Crippen molar-refractivity contribution >= 4 is 0 Å². The molecule has 0 aromatic heterocycles. The van der Waals surface area contributed by atoms with Gasteiger partial charge in [0.05, 0.1) is 0 Å². The van der Waals surface area contributed by atoms with Gasteiger partial charge in [-0.3, -0.25) is 0 Å². The third-order valence-corrected chi connectivity index (χ3v) is 2.57. The molecular weight excluding hydrogens is 408 g/mol. The summed E-state index contributed by atoms with van der Waals surface area (Å²) in [6, 6.07) is 0. The topological polar surface area (TPSA) is 0 Å². The summed E-state index contributed by atoms with van der Waals surface area (Å²) in [6.07, 6.45) is 0.630. The monoisotopic (exact) mass is 420 g/mol. The van der Waals surface area contributed by atoms with Crippen LogP contribution in [0, 0.1) is 0 Å². The first kappa shape index (κ1) is 27.5. The molecule has 148 valence electrons. The van der Waals surface area contributed by atoms with Gasteiger partial charge in [-0.15, -0.1) is 0 Å². The fraction of sp³-hybridized carbons (Fsp3) is 0.0882. The molecule has 0 aromatic carbocycles. The Hall–Kier alpha value is -6.46. The lowest BCUT2D eigenvalue weighted by Gasteiger charge is -1.91. The molecule has 34 heavy (non-hydrogen) atoms. The molecule has 0 heterocycles. The smallest absolute Gasteiger partial charge is 0.00518 e. The van der Waals surface area contributed by atoms with Gasteiger partial charge < -0.3 is 0 Å². The summed E-state index contributed by atoms with van der Waals surface area (Å²) < 4.78 is 0. The van der Waals surface area contributed by atoms with Crippen LogP contribution in [0.25, 0.3) is 0 Å². The minimum atomic E-state index is 0.630. The number of hydrogen-bond donors (Lipinski definition) is 0. The van der Waals surface area contributed by atoms with E-state index in [-0.39, 0.29) is 0 Å². The highest BCUT2D eigenvalue weighted by molar-refractivity contribution is 5.11. The summed E-state index contributed by atoms with van der Waals surface area (Å²) in [4.78, 5) is 0. The Morgan fingerprint density at radius 1 is 0.353 bits per heavy atom.